The lowest BCUT2D eigenvalue weighted by atomic mass is 10.3. The Bertz CT molecular complexity index is 99.1. The Morgan fingerprint density at radius 3 is 2.45 bits per heavy atom. The molecule has 11 heavy (non-hydrogen) atoms. The number of nitrogens with zero attached hydrogens (tertiary/aromatic N) is 2. The summed E-state index contributed by atoms with van der Waals surface area (Å²) in [7, 11) is 4.73. The Morgan fingerprint density at radius 1 is 1.27 bits per heavy atom. The minimum absolute atomic E-state index is 1.08. The van der Waals surface area contributed by atoms with Crippen LogP contribution in [0.25, 0.3) is 0 Å². The molecule has 1 saturated heterocycles. The molecule has 0 aromatic rings. The van der Waals surface area contributed by atoms with Crippen LogP contribution >= 0.6 is 9.39 Å². The van der Waals surface area contributed by atoms with Crippen molar-refractivity contribution in [1.29, 1.82) is 0 Å². The lowest BCUT2D eigenvalue weighted by molar-refractivity contribution is 0.156. The molecule has 1 atom stereocenters. The van der Waals surface area contributed by atoms with Crippen LogP contribution in [0.1, 0.15) is 0 Å². The van der Waals surface area contributed by atoms with E-state index in [1.807, 2.05) is 0 Å². The zero-order valence-corrected chi connectivity index (χ0v) is 8.37. The molecule has 66 valence electrons. The average molecular weight is 175 g/mol. The number of hydrogen-bond donors (Lipinski definition) is 1. The Balaban J connectivity index is 2.07. The topological polar surface area (TPSA) is 18.5 Å². The second-order valence-electron chi connectivity index (χ2n) is 3.10. The molecule has 1 fully saturated rings. The Morgan fingerprint density at radius 2 is 1.91 bits per heavy atom. The lowest BCUT2D eigenvalue weighted by Crippen LogP contribution is -2.45. The molecule has 1 heterocycles. The molecule has 0 aromatic heterocycles. The van der Waals surface area contributed by atoms with E-state index >= 15 is 0 Å². The number of piperazine rings is 1. The number of rotatable bonds is 3. The molecule has 3 nitrogen and oxygen atoms in total. The zero-order chi connectivity index (χ0) is 8.10. The third-order valence-electron chi connectivity index (χ3n) is 2.17. The van der Waals surface area contributed by atoms with Crippen LogP contribution in [0.4, 0.5) is 0 Å². The van der Waals surface area contributed by atoms with Crippen molar-refractivity contribution >= 4 is 9.39 Å². The van der Waals surface area contributed by atoms with Crippen molar-refractivity contribution in [2.75, 3.05) is 46.3 Å². The van der Waals surface area contributed by atoms with Gasteiger partial charge in [0.25, 0.3) is 0 Å². The molecule has 0 aliphatic carbocycles. The van der Waals surface area contributed by atoms with E-state index in [-0.39, 0.29) is 0 Å². The van der Waals surface area contributed by atoms with E-state index in [4.69, 9.17) is 0 Å². The van der Waals surface area contributed by atoms with E-state index in [9.17, 15) is 0 Å². The summed E-state index contributed by atoms with van der Waals surface area (Å²) in [4.78, 5) is 4.88. The standard InChI is InChI=1S/C7H18N3P/c1-9-4-6-10(7-5-9)3-2-8-11/h8H,2-7,11H2,1H3. The Labute approximate surface area is 71.4 Å². The normalized spacial score (nSPS) is 22.4. The molecule has 1 aliphatic rings. The predicted molar refractivity (Wildman–Crippen MR) is 51.6 cm³/mol. The molecule has 0 bridgehead atoms. The molecule has 1 unspecified atom stereocenters. The Hall–Kier alpha value is 0.310. The molecule has 0 saturated carbocycles. The molecular weight excluding hydrogens is 157 g/mol. The fourth-order valence-corrected chi connectivity index (χ4v) is 1.42. The second-order valence-corrected chi connectivity index (χ2v) is 3.51. The van der Waals surface area contributed by atoms with Gasteiger partial charge in [-0.1, -0.05) is 9.39 Å². The Kier molecular flexibility index (Phi) is 4.31. The van der Waals surface area contributed by atoms with Crippen LogP contribution in [0.5, 0.6) is 0 Å². The van der Waals surface area contributed by atoms with E-state index < -0.39 is 0 Å². The van der Waals surface area contributed by atoms with Crippen LogP contribution < -0.4 is 5.09 Å². The SMILES string of the molecule is CN1CCN(CCNP)CC1. The first-order chi connectivity index (χ1) is 5.33. The third-order valence-corrected chi connectivity index (χ3v) is 2.46. The maximum absolute atomic E-state index is 3.09. The van der Waals surface area contributed by atoms with Crippen LogP contribution in [0.2, 0.25) is 0 Å². The highest BCUT2D eigenvalue weighted by Crippen LogP contribution is 1.97. The van der Waals surface area contributed by atoms with Crippen LogP contribution in [-0.2, 0) is 0 Å². The highest BCUT2D eigenvalue weighted by Gasteiger charge is 2.11. The van der Waals surface area contributed by atoms with Gasteiger partial charge in [0.15, 0.2) is 0 Å². The summed E-state index contributed by atoms with van der Waals surface area (Å²) in [6.45, 7) is 7.14. The largest absolute Gasteiger partial charge is 0.304 e. The van der Waals surface area contributed by atoms with Gasteiger partial charge in [-0.2, -0.15) is 0 Å². The number of likely N-dealkylation sites (N-methyl/N-ethyl adjacent to an activating group) is 1. The maximum atomic E-state index is 3.09. The van der Waals surface area contributed by atoms with Crippen LogP contribution in [0.3, 0.4) is 0 Å². The fourth-order valence-electron chi connectivity index (χ4n) is 1.29. The van der Waals surface area contributed by atoms with Gasteiger partial charge in [0.05, 0.1) is 0 Å². The van der Waals surface area contributed by atoms with E-state index in [2.05, 4.69) is 31.3 Å². The fraction of sp³-hybridized carbons (Fsp3) is 1.00. The van der Waals surface area contributed by atoms with Gasteiger partial charge in [0.2, 0.25) is 0 Å². The first-order valence-electron chi connectivity index (χ1n) is 4.17. The van der Waals surface area contributed by atoms with Gasteiger partial charge < -0.3 is 4.90 Å². The van der Waals surface area contributed by atoms with Gasteiger partial charge in [-0.05, 0) is 7.05 Å². The summed E-state index contributed by atoms with van der Waals surface area (Å²) in [6, 6.07) is 0. The van der Waals surface area contributed by atoms with Crippen molar-refractivity contribution in [3.8, 4) is 0 Å². The van der Waals surface area contributed by atoms with Crippen molar-refractivity contribution in [3.63, 3.8) is 0 Å². The van der Waals surface area contributed by atoms with Gasteiger partial charge in [-0.3, -0.25) is 9.99 Å². The zero-order valence-electron chi connectivity index (χ0n) is 7.21. The highest BCUT2D eigenvalue weighted by atomic mass is 31.0. The van der Waals surface area contributed by atoms with E-state index in [1.54, 1.807) is 0 Å². The third kappa shape index (κ3) is 3.48. The molecule has 4 heteroatoms. The van der Waals surface area contributed by atoms with Crippen molar-refractivity contribution < 1.29 is 0 Å². The average Bonchev–Trinajstić information content (AvgIpc) is 2.04. The minimum Gasteiger partial charge on any atom is -0.304 e. The number of nitrogens with one attached hydrogen (secondary N) is 1. The first-order valence-corrected chi connectivity index (χ1v) is 4.75. The van der Waals surface area contributed by atoms with Crippen LogP contribution in [0, 0.1) is 0 Å². The van der Waals surface area contributed by atoms with Crippen LogP contribution in [0.15, 0.2) is 0 Å². The smallest absolute Gasteiger partial charge is 0.0114 e. The molecule has 0 spiro atoms. The molecule has 0 radical (unpaired) electrons. The summed E-state index contributed by atoms with van der Waals surface area (Å²) in [5, 5.41) is 3.09. The number of hydrogen-bond acceptors (Lipinski definition) is 3. The van der Waals surface area contributed by atoms with Crippen molar-refractivity contribution in [2.24, 2.45) is 0 Å². The highest BCUT2D eigenvalue weighted by molar-refractivity contribution is 7.13. The van der Waals surface area contributed by atoms with Gasteiger partial charge in [0, 0.05) is 39.3 Å². The van der Waals surface area contributed by atoms with Gasteiger partial charge in [0.1, 0.15) is 0 Å². The van der Waals surface area contributed by atoms with E-state index in [1.165, 1.54) is 32.7 Å². The summed E-state index contributed by atoms with van der Waals surface area (Å²) in [5.74, 6) is 0. The van der Waals surface area contributed by atoms with Crippen molar-refractivity contribution in [2.45, 2.75) is 0 Å². The summed E-state index contributed by atoms with van der Waals surface area (Å²) in [5.41, 5.74) is 0. The first kappa shape index (κ1) is 9.40. The molecule has 1 rings (SSSR count). The van der Waals surface area contributed by atoms with Gasteiger partial charge in [-0.15, -0.1) is 0 Å². The molecular formula is C7H18N3P. The summed E-state index contributed by atoms with van der Waals surface area (Å²) < 4.78 is 0. The molecule has 0 aromatic carbocycles. The van der Waals surface area contributed by atoms with Crippen LogP contribution in [-0.4, -0.2) is 56.1 Å². The molecule has 1 N–H and O–H groups in total. The maximum Gasteiger partial charge on any atom is 0.0114 e. The predicted octanol–water partition coefficient (Wildman–Crippen LogP) is -0.387. The lowest BCUT2D eigenvalue weighted by Gasteiger charge is -2.32. The monoisotopic (exact) mass is 175 g/mol. The van der Waals surface area contributed by atoms with Gasteiger partial charge >= 0.3 is 0 Å². The van der Waals surface area contributed by atoms with E-state index in [0.717, 1.165) is 6.54 Å². The second kappa shape index (κ2) is 5.04. The van der Waals surface area contributed by atoms with Gasteiger partial charge in [-0.25, -0.2) is 0 Å². The molecule has 0 amide bonds. The molecule has 1 aliphatic heterocycles. The summed E-state index contributed by atoms with van der Waals surface area (Å²) in [6.07, 6.45) is 0. The van der Waals surface area contributed by atoms with Crippen molar-refractivity contribution in [1.82, 2.24) is 14.9 Å². The summed E-state index contributed by atoms with van der Waals surface area (Å²) >= 11 is 0. The quantitative estimate of drug-likeness (QED) is 0.590. The van der Waals surface area contributed by atoms with E-state index in [0.29, 0.717) is 0 Å². The minimum atomic E-state index is 1.08. The van der Waals surface area contributed by atoms with Crippen molar-refractivity contribution in [3.05, 3.63) is 0 Å².